The van der Waals surface area contributed by atoms with Gasteiger partial charge in [-0.25, -0.2) is 14.1 Å². The van der Waals surface area contributed by atoms with Gasteiger partial charge in [0.15, 0.2) is 0 Å². The lowest BCUT2D eigenvalue weighted by molar-refractivity contribution is -0.116. The molecule has 0 saturated carbocycles. The van der Waals surface area contributed by atoms with Gasteiger partial charge in [-0.2, -0.15) is 0 Å². The van der Waals surface area contributed by atoms with E-state index in [1.165, 1.54) is 23.1 Å². The summed E-state index contributed by atoms with van der Waals surface area (Å²) >= 11 is 3.13. The molecule has 1 aromatic carbocycles. The highest BCUT2D eigenvalue weighted by Crippen LogP contribution is 2.19. The normalized spacial score (nSPS) is 10.3. The van der Waals surface area contributed by atoms with E-state index in [2.05, 4.69) is 31.3 Å². The highest BCUT2D eigenvalue weighted by Gasteiger charge is 2.08. The number of hydrogen-bond acceptors (Lipinski definition) is 4. The zero-order valence-electron chi connectivity index (χ0n) is 9.10. The summed E-state index contributed by atoms with van der Waals surface area (Å²) in [7, 11) is 0. The molecule has 0 spiro atoms. The SMILES string of the molecule is Nc1ncn(CC(=O)Nc2ccc(Br)cc2F)n1. The number of aromatic nitrogens is 3. The Bertz CT molecular complexity index is 585. The van der Waals surface area contributed by atoms with E-state index >= 15 is 0 Å². The molecule has 0 fully saturated rings. The molecular formula is C10H9BrFN5O. The van der Waals surface area contributed by atoms with Crippen LogP contribution in [0.25, 0.3) is 0 Å². The van der Waals surface area contributed by atoms with Crippen LogP contribution in [0.3, 0.4) is 0 Å². The second kappa shape index (κ2) is 5.13. The number of hydrogen-bond donors (Lipinski definition) is 2. The molecule has 2 aromatic rings. The van der Waals surface area contributed by atoms with Crippen molar-refractivity contribution in [3.05, 3.63) is 34.8 Å². The average molecular weight is 314 g/mol. The van der Waals surface area contributed by atoms with E-state index in [-0.39, 0.29) is 18.2 Å². The number of rotatable bonds is 3. The number of nitrogens with two attached hydrogens (primary N) is 1. The minimum atomic E-state index is -0.518. The minimum Gasteiger partial charge on any atom is -0.367 e. The van der Waals surface area contributed by atoms with Gasteiger partial charge < -0.3 is 11.1 Å². The fraction of sp³-hybridized carbons (Fsp3) is 0.100. The molecule has 1 heterocycles. The van der Waals surface area contributed by atoms with Crippen LogP contribution in [0, 0.1) is 5.82 Å². The first-order chi connectivity index (χ1) is 8.54. The first kappa shape index (κ1) is 12.5. The van der Waals surface area contributed by atoms with Crippen molar-refractivity contribution >= 4 is 33.5 Å². The fourth-order valence-corrected chi connectivity index (χ4v) is 1.65. The highest BCUT2D eigenvalue weighted by molar-refractivity contribution is 9.10. The molecule has 1 aromatic heterocycles. The number of halogens is 2. The molecule has 3 N–H and O–H groups in total. The number of amides is 1. The first-order valence-electron chi connectivity index (χ1n) is 4.94. The van der Waals surface area contributed by atoms with Crippen LogP contribution in [0.1, 0.15) is 0 Å². The summed E-state index contributed by atoms with van der Waals surface area (Å²) in [6.45, 7) is -0.0836. The average Bonchev–Trinajstić information content (AvgIpc) is 2.68. The van der Waals surface area contributed by atoms with Crippen LogP contribution in [0.5, 0.6) is 0 Å². The van der Waals surface area contributed by atoms with Crippen LogP contribution >= 0.6 is 15.9 Å². The van der Waals surface area contributed by atoms with Gasteiger partial charge in [0, 0.05) is 4.47 Å². The second-order valence-corrected chi connectivity index (χ2v) is 4.39. The van der Waals surface area contributed by atoms with Gasteiger partial charge in [-0.15, -0.1) is 5.10 Å². The van der Waals surface area contributed by atoms with E-state index in [4.69, 9.17) is 5.73 Å². The fourth-order valence-electron chi connectivity index (χ4n) is 1.31. The smallest absolute Gasteiger partial charge is 0.246 e. The molecule has 0 saturated heterocycles. The van der Waals surface area contributed by atoms with Crippen molar-refractivity contribution in [3.8, 4) is 0 Å². The standard InChI is InChI=1S/C10H9BrFN5O/c11-6-1-2-8(7(12)3-6)15-9(18)4-17-5-14-10(13)16-17/h1-3,5H,4H2,(H2,13,16)(H,15,18). The lowest BCUT2D eigenvalue weighted by atomic mass is 10.3. The van der Waals surface area contributed by atoms with Gasteiger partial charge in [0.25, 0.3) is 0 Å². The summed E-state index contributed by atoms with van der Waals surface area (Å²) in [5.41, 5.74) is 5.42. The third-order valence-corrected chi connectivity index (χ3v) is 2.56. The summed E-state index contributed by atoms with van der Waals surface area (Å²) in [5.74, 6) is -0.852. The van der Waals surface area contributed by atoms with E-state index in [0.717, 1.165) is 0 Å². The quantitative estimate of drug-likeness (QED) is 0.897. The Balaban J connectivity index is 2.03. The number of nitrogens with zero attached hydrogens (tertiary/aromatic N) is 3. The van der Waals surface area contributed by atoms with Gasteiger partial charge in [-0.3, -0.25) is 4.79 Å². The lowest BCUT2D eigenvalue weighted by Crippen LogP contribution is -2.19. The van der Waals surface area contributed by atoms with E-state index in [9.17, 15) is 9.18 Å². The second-order valence-electron chi connectivity index (χ2n) is 3.47. The number of nitrogens with one attached hydrogen (secondary N) is 1. The molecule has 0 aliphatic heterocycles. The molecule has 0 unspecified atom stereocenters. The molecule has 1 amide bonds. The summed E-state index contributed by atoms with van der Waals surface area (Å²) in [5, 5.41) is 6.18. The largest absolute Gasteiger partial charge is 0.367 e. The number of nitrogen functional groups attached to an aromatic ring is 1. The van der Waals surface area contributed by atoms with Crippen LogP contribution < -0.4 is 11.1 Å². The zero-order valence-corrected chi connectivity index (χ0v) is 10.7. The maximum Gasteiger partial charge on any atom is 0.246 e. The number of carbonyl (C=O) groups excluding carboxylic acids is 1. The monoisotopic (exact) mass is 313 g/mol. The Morgan fingerprint density at radius 2 is 2.33 bits per heavy atom. The predicted octanol–water partition coefficient (Wildman–Crippen LogP) is 1.40. The highest BCUT2D eigenvalue weighted by atomic mass is 79.9. The number of carbonyl (C=O) groups is 1. The maximum atomic E-state index is 13.5. The topological polar surface area (TPSA) is 85.8 Å². The molecule has 6 nitrogen and oxygen atoms in total. The van der Waals surface area contributed by atoms with Crippen LogP contribution in [0.15, 0.2) is 29.0 Å². The third-order valence-electron chi connectivity index (χ3n) is 2.07. The molecule has 0 atom stereocenters. The Hall–Kier alpha value is -1.96. The molecule has 2 rings (SSSR count). The Kier molecular flexibility index (Phi) is 3.56. The molecule has 94 valence electrons. The van der Waals surface area contributed by atoms with Crippen LogP contribution in [0.2, 0.25) is 0 Å². The lowest BCUT2D eigenvalue weighted by Gasteiger charge is -2.06. The van der Waals surface area contributed by atoms with Crippen molar-refractivity contribution in [3.63, 3.8) is 0 Å². The third kappa shape index (κ3) is 3.04. The maximum absolute atomic E-state index is 13.5. The first-order valence-corrected chi connectivity index (χ1v) is 5.74. The van der Waals surface area contributed by atoms with Crippen LogP contribution in [-0.4, -0.2) is 20.7 Å². The van der Waals surface area contributed by atoms with E-state index in [0.29, 0.717) is 4.47 Å². The summed E-state index contributed by atoms with van der Waals surface area (Å²) in [6, 6.07) is 4.36. The summed E-state index contributed by atoms with van der Waals surface area (Å²) in [6.07, 6.45) is 1.33. The zero-order chi connectivity index (χ0) is 13.1. The molecule has 0 bridgehead atoms. The van der Waals surface area contributed by atoms with Gasteiger partial charge in [0.05, 0.1) is 5.69 Å². The van der Waals surface area contributed by atoms with E-state index in [1.54, 1.807) is 6.07 Å². The van der Waals surface area contributed by atoms with Gasteiger partial charge in [-0.05, 0) is 18.2 Å². The Morgan fingerprint density at radius 3 is 2.94 bits per heavy atom. The Morgan fingerprint density at radius 1 is 1.56 bits per heavy atom. The van der Waals surface area contributed by atoms with E-state index in [1.807, 2.05) is 0 Å². The Labute approximate surface area is 110 Å². The molecule has 0 radical (unpaired) electrons. The van der Waals surface area contributed by atoms with E-state index < -0.39 is 11.7 Å². The number of anilines is 2. The van der Waals surface area contributed by atoms with Crippen molar-refractivity contribution in [1.82, 2.24) is 14.8 Å². The molecule has 8 heteroatoms. The van der Waals surface area contributed by atoms with Crippen molar-refractivity contribution in [2.75, 3.05) is 11.1 Å². The van der Waals surface area contributed by atoms with Gasteiger partial charge in [-0.1, -0.05) is 15.9 Å². The number of benzene rings is 1. The van der Waals surface area contributed by atoms with Crippen molar-refractivity contribution in [2.45, 2.75) is 6.54 Å². The van der Waals surface area contributed by atoms with Gasteiger partial charge in [0.2, 0.25) is 11.9 Å². The van der Waals surface area contributed by atoms with Gasteiger partial charge in [0.1, 0.15) is 18.7 Å². The molecule has 18 heavy (non-hydrogen) atoms. The van der Waals surface area contributed by atoms with Crippen molar-refractivity contribution in [1.29, 1.82) is 0 Å². The van der Waals surface area contributed by atoms with Crippen molar-refractivity contribution < 1.29 is 9.18 Å². The van der Waals surface area contributed by atoms with Crippen LogP contribution in [-0.2, 0) is 11.3 Å². The summed E-state index contributed by atoms with van der Waals surface area (Å²) in [4.78, 5) is 15.3. The van der Waals surface area contributed by atoms with Crippen LogP contribution in [0.4, 0.5) is 16.0 Å². The minimum absolute atomic E-state index is 0.0811. The van der Waals surface area contributed by atoms with Crippen molar-refractivity contribution in [2.24, 2.45) is 0 Å². The molecule has 0 aliphatic carbocycles. The molecular weight excluding hydrogens is 305 g/mol. The predicted molar refractivity (Wildman–Crippen MR) is 67.2 cm³/mol. The molecule has 0 aliphatic rings. The van der Waals surface area contributed by atoms with Gasteiger partial charge >= 0.3 is 0 Å². The summed E-state index contributed by atoms with van der Waals surface area (Å²) < 4.78 is 15.3.